The summed E-state index contributed by atoms with van der Waals surface area (Å²) in [6.45, 7) is 4.60. The molecule has 0 aliphatic heterocycles. The molecule has 0 aromatic heterocycles. The molecule has 2 aromatic rings. The van der Waals surface area contributed by atoms with Crippen molar-refractivity contribution in [3.8, 4) is 0 Å². The summed E-state index contributed by atoms with van der Waals surface area (Å²) >= 11 is 0. The van der Waals surface area contributed by atoms with E-state index in [2.05, 4.69) is 10.0 Å². The first-order valence-electron chi connectivity index (χ1n) is 8.53. The zero-order chi connectivity index (χ0) is 21.1. The lowest BCUT2D eigenvalue weighted by Gasteiger charge is -2.23. The Balaban J connectivity index is 2.17. The fourth-order valence-electron chi connectivity index (χ4n) is 2.49. The van der Waals surface area contributed by atoms with Crippen LogP contribution in [0.1, 0.15) is 31.0 Å². The van der Waals surface area contributed by atoms with E-state index in [-0.39, 0.29) is 10.5 Å². The quantitative estimate of drug-likeness (QED) is 0.650. The number of nitrogens with one attached hydrogen (secondary N) is 2. The Hall–Kier alpha value is -2.36. The normalized spacial score (nSPS) is 14.9. The zero-order valence-corrected chi connectivity index (χ0v) is 16.4. The second kappa shape index (κ2) is 8.76. The van der Waals surface area contributed by atoms with Crippen molar-refractivity contribution in [1.29, 1.82) is 0 Å². The van der Waals surface area contributed by atoms with Gasteiger partial charge in [-0.3, -0.25) is 4.79 Å². The van der Waals surface area contributed by atoms with Crippen LogP contribution in [-0.4, -0.2) is 31.6 Å². The summed E-state index contributed by atoms with van der Waals surface area (Å²) in [7, 11) is -4.06. The number of hydrogen-bond acceptors (Lipinski definition) is 4. The molecule has 0 radical (unpaired) electrons. The standard InChI is InChI=1S/C19H22F2N2O4S/c1-11-4-7-15(8-5-11)28(26,27)23-18(13(3)24)19(25)22-12(2)14-6-9-16(20)17(21)10-14/h4-10,12-13,18,23-24H,1-3H3,(H,22,25). The molecule has 3 unspecified atom stereocenters. The van der Waals surface area contributed by atoms with E-state index in [4.69, 9.17) is 0 Å². The molecule has 28 heavy (non-hydrogen) atoms. The molecule has 0 bridgehead atoms. The Morgan fingerprint density at radius 1 is 1.04 bits per heavy atom. The highest BCUT2D eigenvalue weighted by Gasteiger charge is 2.30. The fourth-order valence-corrected chi connectivity index (χ4v) is 3.76. The maximum Gasteiger partial charge on any atom is 0.241 e. The number of benzene rings is 2. The second-order valence-corrected chi connectivity index (χ2v) is 8.27. The largest absolute Gasteiger partial charge is 0.391 e. The first kappa shape index (κ1) is 21.9. The van der Waals surface area contributed by atoms with Crippen molar-refractivity contribution in [2.45, 2.75) is 43.9 Å². The number of aliphatic hydroxyl groups excluding tert-OH is 1. The first-order chi connectivity index (χ1) is 13.0. The number of halogens is 2. The Bertz CT molecular complexity index is 947. The van der Waals surface area contributed by atoms with Gasteiger partial charge in [-0.1, -0.05) is 23.8 Å². The predicted octanol–water partition coefficient (Wildman–Crippen LogP) is 2.18. The van der Waals surface area contributed by atoms with Crippen molar-refractivity contribution in [2.24, 2.45) is 0 Å². The molecule has 0 fully saturated rings. The highest BCUT2D eigenvalue weighted by atomic mass is 32.2. The van der Waals surface area contributed by atoms with E-state index in [0.29, 0.717) is 0 Å². The van der Waals surface area contributed by atoms with Crippen LogP contribution in [0.5, 0.6) is 0 Å². The zero-order valence-electron chi connectivity index (χ0n) is 15.6. The maximum atomic E-state index is 13.4. The smallest absolute Gasteiger partial charge is 0.241 e. The Labute approximate surface area is 162 Å². The number of aryl methyl sites for hydroxylation is 1. The monoisotopic (exact) mass is 412 g/mol. The van der Waals surface area contributed by atoms with Gasteiger partial charge < -0.3 is 10.4 Å². The van der Waals surface area contributed by atoms with Gasteiger partial charge in [-0.05, 0) is 50.6 Å². The van der Waals surface area contributed by atoms with Crippen LogP contribution < -0.4 is 10.0 Å². The van der Waals surface area contributed by atoms with Crippen LogP contribution in [0.4, 0.5) is 8.78 Å². The molecule has 2 aromatic carbocycles. The summed E-state index contributed by atoms with van der Waals surface area (Å²) in [6, 6.07) is 6.95. The van der Waals surface area contributed by atoms with Gasteiger partial charge in [0, 0.05) is 0 Å². The third-order valence-corrected chi connectivity index (χ3v) is 5.64. The van der Waals surface area contributed by atoms with Gasteiger partial charge in [-0.15, -0.1) is 0 Å². The first-order valence-corrected chi connectivity index (χ1v) is 10.0. The van der Waals surface area contributed by atoms with E-state index in [9.17, 15) is 27.1 Å². The van der Waals surface area contributed by atoms with Crippen LogP contribution in [0.2, 0.25) is 0 Å². The number of hydrogen-bond donors (Lipinski definition) is 3. The molecule has 0 saturated carbocycles. The summed E-state index contributed by atoms with van der Waals surface area (Å²) in [5.74, 6) is -2.89. The molecule has 6 nitrogen and oxygen atoms in total. The maximum absolute atomic E-state index is 13.4. The lowest BCUT2D eigenvalue weighted by Crippen LogP contribution is -2.52. The van der Waals surface area contributed by atoms with E-state index < -0.39 is 45.8 Å². The lowest BCUT2D eigenvalue weighted by molar-refractivity contribution is -0.125. The van der Waals surface area contributed by atoms with Crippen LogP contribution in [0.3, 0.4) is 0 Å². The minimum Gasteiger partial charge on any atom is -0.391 e. The Kier molecular flexibility index (Phi) is 6.87. The number of rotatable bonds is 7. The fraction of sp³-hybridized carbons (Fsp3) is 0.316. The van der Waals surface area contributed by atoms with Gasteiger partial charge in [0.2, 0.25) is 15.9 Å². The molecular formula is C19H22F2N2O4S. The van der Waals surface area contributed by atoms with Crippen molar-refractivity contribution in [3.05, 3.63) is 65.2 Å². The molecule has 0 aliphatic carbocycles. The minimum atomic E-state index is -4.06. The Morgan fingerprint density at radius 3 is 2.18 bits per heavy atom. The third kappa shape index (κ3) is 5.34. The van der Waals surface area contributed by atoms with Gasteiger partial charge in [0.25, 0.3) is 0 Å². The van der Waals surface area contributed by atoms with Crippen LogP contribution >= 0.6 is 0 Å². The summed E-state index contributed by atoms with van der Waals surface area (Å²) in [6.07, 6.45) is -1.34. The van der Waals surface area contributed by atoms with Gasteiger partial charge in [-0.2, -0.15) is 4.72 Å². The van der Waals surface area contributed by atoms with E-state index in [1.807, 2.05) is 0 Å². The molecule has 0 aliphatic rings. The summed E-state index contributed by atoms with van der Waals surface area (Å²) in [4.78, 5) is 12.5. The molecular weight excluding hydrogens is 390 g/mol. The molecule has 1 amide bonds. The van der Waals surface area contributed by atoms with Gasteiger partial charge in [-0.25, -0.2) is 17.2 Å². The van der Waals surface area contributed by atoms with Gasteiger partial charge >= 0.3 is 0 Å². The highest BCUT2D eigenvalue weighted by molar-refractivity contribution is 7.89. The number of amides is 1. The Morgan fingerprint density at radius 2 is 1.64 bits per heavy atom. The third-order valence-electron chi connectivity index (χ3n) is 4.18. The number of carbonyl (C=O) groups excluding carboxylic acids is 1. The summed E-state index contributed by atoms with van der Waals surface area (Å²) in [5.41, 5.74) is 1.15. The number of aliphatic hydroxyl groups is 1. The average molecular weight is 412 g/mol. The molecule has 0 spiro atoms. The second-order valence-electron chi connectivity index (χ2n) is 6.56. The van der Waals surface area contributed by atoms with Crippen molar-refractivity contribution in [3.63, 3.8) is 0 Å². The minimum absolute atomic E-state index is 0.0507. The SMILES string of the molecule is Cc1ccc(S(=O)(=O)NC(C(=O)NC(C)c2ccc(F)c(F)c2)C(C)O)cc1. The predicted molar refractivity (Wildman–Crippen MR) is 99.9 cm³/mol. The topological polar surface area (TPSA) is 95.5 Å². The molecule has 0 saturated heterocycles. The molecule has 0 heterocycles. The lowest BCUT2D eigenvalue weighted by atomic mass is 10.1. The molecule has 9 heteroatoms. The van der Waals surface area contributed by atoms with Crippen molar-refractivity contribution in [1.82, 2.24) is 10.0 Å². The number of carbonyl (C=O) groups is 1. The van der Waals surface area contributed by atoms with E-state index in [0.717, 1.165) is 17.7 Å². The number of sulfonamides is 1. The molecule has 152 valence electrons. The van der Waals surface area contributed by atoms with Crippen LogP contribution in [0.15, 0.2) is 47.4 Å². The van der Waals surface area contributed by atoms with E-state index in [1.54, 1.807) is 19.1 Å². The molecule has 2 rings (SSSR count). The van der Waals surface area contributed by atoms with Gasteiger partial charge in [0.1, 0.15) is 6.04 Å². The molecule has 3 N–H and O–H groups in total. The van der Waals surface area contributed by atoms with Gasteiger partial charge in [0.05, 0.1) is 17.0 Å². The average Bonchev–Trinajstić information content (AvgIpc) is 2.62. The van der Waals surface area contributed by atoms with Crippen molar-refractivity contribution < 1.29 is 27.1 Å². The molecule has 3 atom stereocenters. The van der Waals surface area contributed by atoms with Crippen molar-refractivity contribution >= 4 is 15.9 Å². The van der Waals surface area contributed by atoms with Gasteiger partial charge in [0.15, 0.2) is 11.6 Å². The van der Waals surface area contributed by atoms with Crippen LogP contribution in [0, 0.1) is 18.6 Å². The summed E-state index contributed by atoms with van der Waals surface area (Å²) in [5, 5.41) is 12.4. The van der Waals surface area contributed by atoms with E-state index in [1.165, 1.54) is 32.0 Å². The van der Waals surface area contributed by atoms with Crippen LogP contribution in [-0.2, 0) is 14.8 Å². The van der Waals surface area contributed by atoms with Crippen molar-refractivity contribution in [2.75, 3.05) is 0 Å². The highest BCUT2D eigenvalue weighted by Crippen LogP contribution is 2.17. The van der Waals surface area contributed by atoms with E-state index >= 15 is 0 Å². The van der Waals surface area contributed by atoms with Crippen LogP contribution in [0.25, 0.3) is 0 Å². The summed E-state index contributed by atoms with van der Waals surface area (Å²) < 4.78 is 53.6.